The van der Waals surface area contributed by atoms with Gasteiger partial charge in [0.2, 0.25) is 5.91 Å². The predicted molar refractivity (Wildman–Crippen MR) is 65.7 cm³/mol. The van der Waals surface area contributed by atoms with E-state index >= 15 is 0 Å². The molecule has 0 saturated carbocycles. The minimum atomic E-state index is -0.169. The summed E-state index contributed by atoms with van der Waals surface area (Å²) in [5.41, 5.74) is 2.30. The minimum absolute atomic E-state index is 0.0924. The van der Waals surface area contributed by atoms with Crippen LogP contribution in [0.2, 0.25) is 0 Å². The Morgan fingerprint density at radius 1 is 1.47 bits per heavy atom. The summed E-state index contributed by atoms with van der Waals surface area (Å²) in [5.74, 6) is -0.262. The van der Waals surface area contributed by atoms with Crippen molar-refractivity contribution in [3.05, 3.63) is 22.4 Å². The number of carbonyl (C=O) groups excluding carboxylic acids is 2. The highest BCUT2D eigenvalue weighted by atomic mass is 32.1. The van der Waals surface area contributed by atoms with Crippen molar-refractivity contribution < 1.29 is 14.4 Å². The number of nitrogens with one attached hydrogen (secondary N) is 2. The largest absolute Gasteiger partial charge is 0.351 e. The van der Waals surface area contributed by atoms with E-state index in [2.05, 4.69) is 10.8 Å². The van der Waals surface area contributed by atoms with Gasteiger partial charge in [0.15, 0.2) is 0 Å². The fraction of sp³-hybridized carbons (Fsp3) is 0.455. The fourth-order valence-corrected chi connectivity index (χ4v) is 1.79. The maximum Gasteiger partial charge on any atom is 0.261 e. The number of carbonyl (C=O) groups is 2. The molecule has 0 aliphatic carbocycles. The highest BCUT2D eigenvalue weighted by Gasteiger charge is 2.05. The normalized spacial score (nSPS) is 9.94. The number of amides is 2. The lowest BCUT2D eigenvalue weighted by molar-refractivity contribution is -0.133. The van der Waals surface area contributed by atoms with Gasteiger partial charge in [-0.25, -0.2) is 5.48 Å². The Morgan fingerprint density at radius 3 is 2.94 bits per heavy atom. The number of hydrogen-bond acceptors (Lipinski definition) is 4. The van der Waals surface area contributed by atoms with Crippen LogP contribution in [0.15, 0.2) is 17.5 Å². The lowest BCUT2D eigenvalue weighted by Crippen LogP contribution is -2.27. The first-order valence-corrected chi connectivity index (χ1v) is 6.34. The van der Waals surface area contributed by atoms with E-state index in [1.807, 2.05) is 11.4 Å². The second-order valence-electron chi connectivity index (χ2n) is 3.30. The third kappa shape index (κ3) is 5.46. The standard InChI is InChI=1S/C11H16N2O3S/c1-2-16-13-10(14)6-3-7-12-11(15)9-5-4-8-17-9/h4-5,8H,2-3,6-7H2,1H3,(H,12,15)(H,13,14). The molecule has 0 radical (unpaired) electrons. The van der Waals surface area contributed by atoms with Crippen LogP contribution in [0.25, 0.3) is 0 Å². The molecule has 1 heterocycles. The van der Waals surface area contributed by atoms with E-state index in [0.717, 1.165) is 0 Å². The van der Waals surface area contributed by atoms with Crippen LogP contribution >= 0.6 is 11.3 Å². The summed E-state index contributed by atoms with van der Waals surface area (Å²) in [6.07, 6.45) is 0.931. The van der Waals surface area contributed by atoms with Crippen LogP contribution < -0.4 is 10.8 Å². The van der Waals surface area contributed by atoms with Crippen molar-refractivity contribution in [3.63, 3.8) is 0 Å². The molecule has 0 unspecified atom stereocenters. The van der Waals surface area contributed by atoms with Crippen molar-refractivity contribution >= 4 is 23.2 Å². The van der Waals surface area contributed by atoms with Crippen LogP contribution in [0, 0.1) is 0 Å². The zero-order valence-corrected chi connectivity index (χ0v) is 10.5. The number of thiophene rings is 1. The Hall–Kier alpha value is -1.40. The molecule has 0 atom stereocenters. The summed E-state index contributed by atoms with van der Waals surface area (Å²) < 4.78 is 0. The molecule has 2 amide bonds. The summed E-state index contributed by atoms with van der Waals surface area (Å²) in [7, 11) is 0. The summed E-state index contributed by atoms with van der Waals surface area (Å²) in [5, 5.41) is 4.60. The van der Waals surface area contributed by atoms with E-state index in [4.69, 9.17) is 4.84 Å². The zero-order valence-electron chi connectivity index (χ0n) is 9.69. The number of hydrogen-bond donors (Lipinski definition) is 2. The highest BCUT2D eigenvalue weighted by molar-refractivity contribution is 7.12. The van der Waals surface area contributed by atoms with Crippen molar-refractivity contribution in [2.75, 3.05) is 13.2 Å². The summed E-state index contributed by atoms with van der Waals surface area (Å²) >= 11 is 1.40. The third-order valence-corrected chi connectivity index (χ3v) is 2.81. The van der Waals surface area contributed by atoms with E-state index in [-0.39, 0.29) is 11.8 Å². The Balaban J connectivity index is 2.08. The Kier molecular flexibility index (Phi) is 6.27. The molecule has 2 N–H and O–H groups in total. The molecule has 0 aromatic carbocycles. The van der Waals surface area contributed by atoms with Gasteiger partial charge in [-0.2, -0.15) is 0 Å². The topological polar surface area (TPSA) is 67.4 Å². The Morgan fingerprint density at radius 2 is 2.29 bits per heavy atom. The van der Waals surface area contributed by atoms with E-state index < -0.39 is 0 Å². The first kappa shape index (κ1) is 13.7. The molecule has 1 aromatic heterocycles. The van der Waals surface area contributed by atoms with Gasteiger partial charge in [0, 0.05) is 13.0 Å². The molecule has 6 heteroatoms. The Labute approximate surface area is 104 Å². The van der Waals surface area contributed by atoms with Crippen molar-refractivity contribution in [3.8, 4) is 0 Å². The first-order valence-electron chi connectivity index (χ1n) is 5.46. The van der Waals surface area contributed by atoms with Crippen molar-refractivity contribution in [2.24, 2.45) is 0 Å². The summed E-state index contributed by atoms with van der Waals surface area (Å²) in [6.45, 7) is 2.72. The average molecular weight is 256 g/mol. The van der Waals surface area contributed by atoms with Crippen LogP contribution in [-0.2, 0) is 9.63 Å². The second-order valence-corrected chi connectivity index (χ2v) is 4.24. The van der Waals surface area contributed by atoms with Gasteiger partial charge in [-0.05, 0) is 24.8 Å². The van der Waals surface area contributed by atoms with Crippen LogP contribution in [0.4, 0.5) is 0 Å². The maximum atomic E-state index is 11.5. The van der Waals surface area contributed by atoms with Crippen molar-refractivity contribution in [1.29, 1.82) is 0 Å². The molecule has 1 aromatic rings. The predicted octanol–water partition coefficient (Wildman–Crippen LogP) is 1.33. The summed E-state index contributed by atoms with van der Waals surface area (Å²) in [6, 6.07) is 3.59. The molecule has 5 nitrogen and oxygen atoms in total. The van der Waals surface area contributed by atoms with Crippen molar-refractivity contribution in [2.45, 2.75) is 19.8 Å². The van der Waals surface area contributed by atoms with Gasteiger partial charge >= 0.3 is 0 Å². The van der Waals surface area contributed by atoms with E-state index in [0.29, 0.717) is 30.9 Å². The van der Waals surface area contributed by atoms with Gasteiger partial charge in [-0.3, -0.25) is 14.4 Å². The van der Waals surface area contributed by atoms with Crippen LogP contribution in [0.1, 0.15) is 29.4 Å². The van der Waals surface area contributed by atoms with Crippen LogP contribution in [0.3, 0.4) is 0 Å². The average Bonchev–Trinajstić information content (AvgIpc) is 2.85. The Bertz CT molecular complexity index is 352. The molecule has 0 aliphatic rings. The summed E-state index contributed by atoms with van der Waals surface area (Å²) in [4.78, 5) is 28.1. The molecule has 94 valence electrons. The smallest absolute Gasteiger partial charge is 0.261 e. The molecule has 0 aliphatic heterocycles. The fourth-order valence-electron chi connectivity index (χ4n) is 1.15. The zero-order chi connectivity index (χ0) is 12.5. The van der Waals surface area contributed by atoms with E-state index in [1.165, 1.54) is 11.3 Å². The lowest BCUT2D eigenvalue weighted by atomic mass is 10.3. The van der Waals surface area contributed by atoms with Crippen molar-refractivity contribution in [1.82, 2.24) is 10.8 Å². The van der Waals surface area contributed by atoms with Gasteiger partial charge in [0.25, 0.3) is 5.91 Å². The maximum absolute atomic E-state index is 11.5. The number of hydroxylamine groups is 1. The van der Waals surface area contributed by atoms with Gasteiger partial charge in [-0.1, -0.05) is 6.07 Å². The van der Waals surface area contributed by atoms with Gasteiger partial charge < -0.3 is 5.32 Å². The van der Waals surface area contributed by atoms with Crippen LogP contribution in [-0.4, -0.2) is 25.0 Å². The van der Waals surface area contributed by atoms with E-state index in [1.54, 1.807) is 13.0 Å². The molecular weight excluding hydrogens is 240 g/mol. The van der Waals surface area contributed by atoms with Gasteiger partial charge in [0.05, 0.1) is 11.5 Å². The van der Waals surface area contributed by atoms with Gasteiger partial charge in [-0.15, -0.1) is 11.3 Å². The van der Waals surface area contributed by atoms with Crippen LogP contribution in [0.5, 0.6) is 0 Å². The highest BCUT2D eigenvalue weighted by Crippen LogP contribution is 2.07. The monoisotopic (exact) mass is 256 g/mol. The molecule has 0 spiro atoms. The first-order chi connectivity index (χ1) is 8.24. The number of rotatable bonds is 7. The SMILES string of the molecule is CCONC(=O)CCCNC(=O)c1cccs1. The third-order valence-electron chi connectivity index (χ3n) is 1.94. The molecule has 0 bridgehead atoms. The second kappa shape index (κ2) is 7.81. The van der Waals surface area contributed by atoms with E-state index in [9.17, 15) is 9.59 Å². The molecular formula is C11H16N2O3S. The molecule has 0 saturated heterocycles. The molecule has 17 heavy (non-hydrogen) atoms. The minimum Gasteiger partial charge on any atom is -0.351 e. The quantitative estimate of drug-likeness (QED) is 0.571. The molecule has 0 fully saturated rings. The van der Waals surface area contributed by atoms with Gasteiger partial charge in [0.1, 0.15) is 0 Å². The lowest BCUT2D eigenvalue weighted by Gasteiger charge is -2.04. The molecule has 1 rings (SSSR count).